The van der Waals surface area contributed by atoms with Crippen LogP contribution in [0, 0.1) is 0 Å². The average molecular weight is 202 g/mol. The fourth-order valence-electron chi connectivity index (χ4n) is 1.20. The number of hydrogen-bond donors (Lipinski definition) is 0. The van der Waals surface area contributed by atoms with Gasteiger partial charge in [0.25, 0.3) is 0 Å². The Kier molecular flexibility index (Phi) is 4.48. The Morgan fingerprint density at radius 1 is 1.20 bits per heavy atom. The Morgan fingerprint density at radius 2 is 1.80 bits per heavy atom. The highest BCUT2D eigenvalue weighted by atomic mass is 16.1. The van der Waals surface area contributed by atoms with Crippen molar-refractivity contribution >= 4 is 18.1 Å². The molecule has 1 rings (SSSR count). The summed E-state index contributed by atoms with van der Waals surface area (Å²) in [5.41, 5.74) is 1.58. The van der Waals surface area contributed by atoms with Crippen molar-refractivity contribution in [1.82, 2.24) is 0 Å². The second-order valence-electron chi connectivity index (χ2n) is 3.33. The standard InChI is InChI=1S/C13H14O2/c1-2-3-13(15)9-8-11-4-6-12(10-14)7-5-11/h4-10H,2-3H2,1H3. The third-order valence-electron chi connectivity index (χ3n) is 2.03. The van der Waals surface area contributed by atoms with Crippen molar-refractivity contribution in [3.63, 3.8) is 0 Å². The van der Waals surface area contributed by atoms with E-state index in [1.807, 2.05) is 19.1 Å². The van der Waals surface area contributed by atoms with E-state index in [0.29, 0.717) is 12.0 Å². The minimum absolute atomic E-state index is 0.136. The minimum atomic E-state index is 0.136. The Bertz CT molecular complexity index is 361. The molecule has 0 bridgehead atoms. The Hall–Kier alpha value is -1.70. The van der Waals surface area contributed by atoms with Crippen LogP contribution in [-0.2, 0) is 4.79 Å². The third-order valence-corrected chi connectivity index (χ3v) is 2.03. The number of carbonyl (C=O) groups excluding carboxylic acids is 2. The fraction of sp³-hybridized carbons (Fsp3) is 0.231. The largest absolute Gasteiger partial charge is 0.298 e. The van der Waals surface area contributed by atoms with E-state index in [0.717, 1.165) is 18.3 Å². The molecule has 15 heavy (non-hydrogen) atoms. The first-order valence-corrected chi connectivity index (χ1v) is 5.02. The summed E-state index contributed by atoms with van der Waals surface area (Å²) in [4.78, 5) is 21.6. The summed E-state index contributed by atoms with van der Waals surface area (Å²) in [6, 6.07) is 7.10. The molecular formula is C13H14O2. The lowest BCUT2D eigenvalue weighted by Crippen LogP contribution is -1.89. The second-order valence-corrected chi connectivity index (χ2v) is 3.33. The van der Waals surface area contributed by atoms with Gasteiger partial charge in [-0.15, -0.1) is 0 Å². The normalized spacial score (nSPS) is 10.5. The molecule has 0 aliphatic rings. The van der Waals surface area contributed by atoms with E-state index < -0.39 is 0 Å². The van der Waals surface area contributed by atoms with Gasteiger partial charge in [-0.3, -0.25) is 9.59 Å². The summed E-state index contributed by atoms with van der Waals surface area (Å²) in [5, 5.41) is 0. The molecule has 0 spiro atoms. The molecule has 1 aromatic carbocycles. The highest BCUT2D eigenvalue weighted by Gasteiger charge is 1.93. The molecule has 1 aromatic rings. The van der Waals surface area contributed by atoms with Crippen LogP contribution in [0.15, 0.2) is 30.3 Å². The van der Waals surface area contributed by atoms with Gasteiger partial charge in [0.1, 0.15) is 6.29 Å². The molecule has 0 amide bonds. The van der Waals surface area contributed by atoms with E-state index in [1.54, 1.807) is 24.3 Å². The zero-order valence-electron chi connectivity index (χ0n) is 8.77. The van der Waals surface area contributed by atoms with Gasteiger partial charge in [0.15, 0.2) is 5.78 Å². The van der Waals surface area contributed by atoms with Gasteiger partial charge in [0, 0.05) is 12.0 Å². The van der Waals surface area contributed by atoms with Crippen molar-refractivity contribution < 1.29 is 9.59 Å². The van der Waals surface area contributed by atoms with Gasteiger partial charge >= 0.3 is 0 Å². The molecule has 78 valence electrons. The molecule has 0 radical (unpaired) electrons. The Morgan fingerprint density at radius 3 is 2.33 bits per heavy atom. The molecule has 0 N–H and O–H groups in total. The zero-order chi connectivity index (χ0) is 11.1. The van der Waals surface area contributed by atoms with Gasteiger partial charge in [-0.25, -0.2) is 0 Å². The van der Waals surface area contributed by atoms with Crippen molar-refractivity contribution in [1.29, 1.82) is 0 Å². The summed E-state index contributed by atoms with van der Waals surface area (Å²) in [5.74, 6) is 0.136. The van der Waals surface area contributed by atoms with Gasteiger partial charge in [0.2, 0.25) is 0 Å². The van der Waals surface area contributed by atoms with E-state index in [9.17, 15) is 9.59 Å². The maximum absolute atomic E-state index is 11.2. The first-order valence-electron chi connectivity index (χ1n) is 5.02. The third kappa shape index (κ3) is 3.90. The molecule has 2 nitrogen and oxygen atoms in total. The lowest BCUT2D eigenvalue weighted by Gasteiger charge is -1.93. The number of rotatable bonds is 5. The zero-order valence-corrected chi connectivity index (χ0v) is 8.77. The van der Waals surface area contributed by atoms with Gasteiger partial charge in [-0.05, 0) is 18.1 Å². The number of benzene rings is 1. The highest BCUT2D eigenvalue weighted by molar-refractivity contribution is 5.93. The van der Waals surface area contributed by atoms with Gasteiger partial charge < -0.3 is 0 Å². The molecular weight excluding hydrogens is 188 g/mol. The lowest BCUT2D eigenvalue weighted by molar-refractivity contribution is -0.114. The van der Waals surface area contributed by atoms with Gasteiger partial charge in [-0.2, -0.15) is 0 Å². The smallest absolute Gasteiger partial charge is 0.155 e. The van der Waals surface area contributed by atoms with E-state index in [-0.39, 0.29) is 5.78 Å². The molecule has 0 aromatic heterocycles. The van der Waals surface area contributed by atoms with Crippen LogP contribution in [0.25, 0.3) is 6.08 Å². The van der Waals surface area contributed by atoms with Crippen LogP contribution in [0.1, 0.15) is 35.7 Å². The Balaban J connectivity index is 2.64. The highest BCUT2D eigenvalue weighted by Crippen LogP contribution is 2.05. The van der Waals surface area contributed by atoms with Crippen LogP contribution >= 0.6 is 0 Å². The number of carbonyl (C=O) groups is 2. The quantitative estimate of drug-likeness (QED) is 0.543. The van der Waals surface area contributed by atoms with Gasteiger partial charge in [-0.1, -0.05) is 37.3 Å². The van der Waals surface area contributed by atoms with Crippen LogP contribution in [0.4, 0.5) is 0 Å². The predicted octanol–water partition coefficient (Wildman–Crippen LogP) is 2.88. The lowest BCUT2D eigenvalue weighted by atomic mass is 10.1. The first-order chi connectivity index (χ1) is 7.26. The molecule has 0 aliphatic carbocycles. The summed E-state index contributed by atoms with van der Waals surface area (Å²) in [6.45, 7) is 1.98. The van der Waals surface area contributed by atoms with Crippen molar-refractivity contribution in [2.75, 3.05) is 0 Å². The van der Waals surface area contributed by atoms with E-state index >= 15 is 0 Å². The molecule has 0 heterocycles. The number of hydrogen-bond acceptors (Lipinski definition) is 2. The number of ketones is 1. The van der Waals surface area contributed by atoms with Crippen molar-refractivity contribution in [3.05, 3.63) is 41.5 Å². The summed E-state index contributed by atoms with van der Waals surface area (Å²) in [7, 11) is 0. The fourth-order valence-corrected chi connectivity index (χ4v) is 1.20. The van der Waals surface area contributed by atoms with E-state index in [2.05, 4.69) is 0 Å². The maximum Gasteiger partial charge on any atom is 0.155 e. The SMILES string of the molecule is CCCC(=O)C=Cc1ccc(C=O)cc1. The molecule has 0 saturated heterocycles. The van der Waals surface area contributed by atoms with Crippen molar-refractivity contribution in [2.24, 2.45) is 0 Å². The van der Waals surface area contributed by atoms with Crippen LogP contribution in [0.3, 0.4) is 0 Å². The van der Waals surface area contributed by atoms with Crippen LogP contribution < -0.4 is 0 Å². The molecule has 0 fully saturated rings. The van der Waals surface area contributed by atoms with E-state index in [1.165, 1.54) is 0 Å². The summed E-state index contributed by atoms with van der Waals surface area (Å²) < 4.78 is 0. The van der Waals surface area contributed by atoms with Crippen LogP contribution in [0.2, 0.25) is 0 Å². The maximum atomic E-state index is 11.2. The van der Waals surface area contributed by atoms with Crippen molar-refractivity contribution in [3.8, 4) is 0 Å². The topological polar surface area (TPSA) is 34.1 Å². The van der Waals surface area contributed by atoms with Crippen LogP contribution in [0.5, 0.6) is 0 Å². The molecule has 0 unspecified atom stereocenters. The second kappa shape index (κ2) is 5.91. The summed E-state index contributed by atoms with van der Waals surface area (Å²) in [6.07, 6.45) is 5.61. The van der Waals surface area contributed by atoms with E-state index in [4.69, 9.17) is 0 Å². The summed E-state index contributed by atoms with van der Waals surface area (Å²) >= 11 is 0. The van der Waals surface area contributed by atoms with Crippen molar-refractivity contribution in [2.45, 2.75) is 19.8 Å². The molecule has 2 heteroatoms. The first kappa shape index (κ1) is 11.4. The number of aldehydes is 1. The minimum Gasteiger partial charge on any atom is -0.298 e. The molecule has 0 aliphatic heterocycles. The number of allylic oxidation sites excluding steroid dienone is 1. The molecule has 0 atom stereocenters. The average Bonchev–Trinajstić information content (AvgIpc) is 2.27. The molecule has 0 saturated carbocycles. The Labute approximate surface area is 89.6 Å². The van der Waals surface area contributed by atoms with Crippen LogP contribution in [-0.4, -0.2) is 12.1 Å². The predicted molar refractivity (Wildman–Crippen MR) is 60.8 cm³/mol. The monoisotopic (exact) mass is 202 g/mol. The van der Waals surface area contributed by atoms with Gasteiger partial charge in [0.05, 0.1) is 0 Å².